The number of aromatic nitrogens is 1. The number of hydrogen-bond acceptors (Lipinski definition) is 3. The number of pyridine rings is 1. The zero-order chi connectivity index (χ0) is 15.6. The van der Waals surface area contributed by atoms with Gasteiger partial charge in [0, 0.05) is 0 Å². The summed E-state index contributed by atoms with van der Waals surface area (Å²) in [5, 5.41) is 8.87. The maximum atomic E-state index is 13.8. The van der Waals surface area contributed by atoms with Gasteiger partial charge in [0.15, 0.2) is 11.6 Å². The summed E-state index contributed by atoms with van der Waals surface area (Å²) < 4.78 is 56.7. The molecule has 1 aromatic heterocycles. The van der Waals surface area contributed by atoms with Crippen molar-refractivity contribution in [3.8, 4) is 17.7 Å². The fourth-order valence-electron chi connectivity index (χ4n) is 1.56. The molecule has 0 aliphatic heterocycles. The quantitative estimate of drug-likeness (QED) is 0.780. The molecule has 0 amide bonds. The van der Waals surface area contributed by atoms with Gasteiger partial charge in [0.2, 0.25) is 5.88 Å². The van der Waals surface area contributed by atoms with Crippen LogP contribution < -0.4 is 4.74 Å². The van der Waals surface area contributed by atoms with Gasteiger partial charge in [0.1, 0.15) is 17.3 Å². The first-order chi connectivity index (χ1) is 9.82. The maximum Gasteiger partial charge on any atom is 0.433 e. The third-order valence-electron chi connectivity index (χ3n) is 2.63. The van der Waals surface area contributed by atoms with E-state index in [4.69, 9.17) is 10.00 Å². The van der Waals surface area contributed by atoms with Crippen LogP contribution >= 0.6 is 0 Å². The highest BCUT2D eigenvalue weighted by atomic mass is 19.4. The molecular weight excluding hydrogens is 288 g/mol. The van der Waals surface area contributed by atoms with Gasteiger partial charge in [-0.15, -0.1) is 0 Å². The fourth-order valence-corrected chi connectivity index (χ4v) is 1.56. The summed E-state index contributed by atoms with van der Waals surface area (Å²) in [6, 6.07) is 7.45. The van der Waals surface area contributed by atoms with Gasteiger partial charge in [0.05, 0.1) is 0 Å². The van der Waals surface area contributed by atoms with E-state index < -0.39 is 23.6 Å². The Balaban J connectivity index is 2.48. The molecule has 1 heterocycles. The number of alkyl halides is 3. The van der Waals surface area contributed by atoms with E-state index in [1.165, 1.54) is 25.1 Å². The predicted octanol–water partition coefficient (Wildman–Crippen LogP) is 4.21. The second-order valence-corrected chi connectivity index (χ2v) is 4.15. The Kier molecular flexibility index (Phi) is 3.80. The van der Waals surface area contributed by atoms with Crippen molar-refractivity contribution in [3.05, 3.63) is 53.0 Å². The van der Waals surface area contributed by atoms with E-state index in [0.717, 1.165) is 6.07 Å². The highest BCUT2D eigenvalue weighted by molar-refractivity contribution is 5.42. The van der Waals surface area contributed by atoms with Gasteiger partial charge >= 0.3 is 6.18 Å². The lowest BCUT2D eigenvalue weighted by Gasteiger charge is -2.11. The van der Waals surface area contributed by atoms with Gasteiger partial charge in [-0.3, -0.25) is 0 Å². The minimum atomic E-state index is -4.68. The first-order valence-corrected chi connectivity index (χ1v) is 5.74. The van der Waals surface area contributed by atoms with Crippen LogP contribution in [-0.4, -0.2) is 4.98 Å². The number of halogens is 4. The first-order valence-electron chi connectivity index (χ1n) is 5.74. The van der Waals surface area contributed by atoms with E-state index in [-0.39, 0.29) is 16.9 Å². The number of rotatable bonds is 2. The molecule has 2 aromatic rings. The Bertz CT molecular complexity index is 720. The normalized spacial score (nSPS) is 11.0. The molecule has 2 rings (SSSR count). The van der Waals surface area contributed by atoms with E-state index in [9.17, 15) is 17.6 Å². The maximum absolute atomic E-state index is 13.8. The molecule has 0 aliphatic carbocycles. The van der Waals surface area contributed by atoms with Crippen LogP contribution in [0.4, 0.5) is 17.6 Å². The van der Waals surface area contributed by atoms with E-state index in [0.29, 0.717) is 6.07 Å². The topological polar surface area (TPSA) is 45.9 Å². The van der Waals surface area contributed by atoms with Crippen molar-refractivity contribution >= 4 is 0 Å². The van der Waals surface area contributed by atoms with Crippen LogP contribution in [0.15, 0.2) is 30.3 Å². The molecule has 108 valence electrons. The summed E-state index contributed by atoms with van der Waals surface area (Å²) in [6.45, 7) is 1.48. The summed E-state index contributed by atoms with van der Waals surface area (Å²) in [7, 11) is 0. The number of benzene rings is 1. The molecular formula is C14H8F4N2O. The highest BCUT2D eigenvalue weighted by Crippen LogP contribution is 2.32. The van der Waals surface area contributed by atoms with Crippen LogP contribution in [0.25, 0.3) is 0 Å². The molecule has 3 nitrogen and oxygen atoms in total. The second kappa shape index (κ2) is 5.40. The van der Waals surface area contributed by atoms with Crippen LogP contribution in [0.1, 0.15) is 16.8 Å². The monoisotopic (exact) mass is 296 g/mol. The van der Waals surface area contributed by atoms with Gasteiger partial charge in [-0.2, -0.15) is 18.4 Å². The zero-order valence-electron chi connectivity index (χ0n) is 10.7. The summed E-state index contributed by atoms with van der Waals surface area (Å²) in [5.41, 5.74) is -1.17. The highest BCUT2D eigenvalue weighted by Gasteiger charge is 2.33. The molecule has 1 aromatic carbocycles. The molecule has 0 saturated carbocycles. The van der Waals surface area contributed by atoms with E-state index in [2.05, 4.69) is 4.98 Å². The van der Waals surface area contributed by atoms with Gasteiger partial charge in [0.25, 0.3) is 0 Å². The summed E-state index contributed by atoms with van der Waals surface area (Å²) in [4.78, 5) is 3.24. The second-order valence-electron chi connectivity index (χ2n) is 4.15. The third kappa shape index (κ3) is 3.11. The zero-order valence-corrected chi connectivity index (χ0v) is 10.7. The standard InChI is InChI=1S/C14H8F4N2O/c1-8-3-2-4-10(12(8)15)21-13-9(7-19)5-6-11(20-13)14(16,17)18/h2-6H,1H3. The Morgan fingerprint density at radius 3 is 2.52 bits per heavy atom. The Hall–Kier alpha value is -2.62. The third-order valence-corrected chi connectivity index (χ3v) is 2.63. The van der Waals surface area contributed by atoms with Crippen LogP contribution in [0.3, 0.4) is 0 Å². The van der Waals surface area contributed by atoms with Crippen molar-refractivity contribution in [1.29, 1.82) is 5.26 Å². The van der Waals surface area contributed by atoms with E-state index in [1.54, 1.807) is 6.07 Å². The molecule has 0 saturated heterocycles. The lowest BCUT2D eigenvalue weighted by Crippen LogP contribution is -2.09. The molecule has 0 unspecified atom stereocenters. The number of hydrogen-bond donors (Lipinski definition) is 0. The van der Waals surface area contributed by atoms with Crippen molar-refractivity contribution in [3.63, 3.8) is 0 Å². The van der Waals surface area contributed by atoms with Crippen molar-refractivity contribution in [1.82, 2.24) is 4.98 Å². The van der Waals surface area contributed by atoms with Crippen LogP contribution in [-0.2, 0) is 6.18 Å². The van der Waals surface area contributed by atoms with Crippen molar-refractivity contribution in [2.45, 2.75) is 13.1 Å². The fraction of sp³-hybridized carbons (Fsp3) is 0.143. The van der Waals surface area contributed by atoms with Gasteiger partial charge < -0.3 is 4.74 Å². The number of ether oxygens (including phenoxy) is 1. The Labute approximate surface area is 117 Å². The average molecular weight is 296 g/mol. The molecule has 0 bridgehead atoms. The predicted molar refractivity (Wildman–Crippen MR) is 65.2 cm³/mol. The molecule has 21 heavy (non-hydrogen) atoms. The van der Waals surface area contributed by atoms with Crippen molar-refractivity contribution in [2.24, 2.45) is 0 Å². The molecule has 0 radical (unpaired) electrons. The largest absolute Gasteiger partial charge is 0.435 e. The van der Waals surface area contributed by atoms with Crippen LogP contribution in [0.2, 0.25) is 0 Å². The smallest absolute Gasteiger partial charge is 0.433 e. The first kappa shape index (κ1) is 14.8. The number of nitrogens with zero attached hydrogens (tertiary/aromatic N) is 2. The molecule has 0 fully saturated rings. The Morgan fingerprint density at radius 1 is 1.19 bits per heavy atom. The molecule has 0 N–H and O–H groups in total. The van der Waals surface area contributed by atoms with E-state index in [1.807, 2.05) is 0 Å². The van der Waals surface area contributed by atoms with Gasteiger partial charge in [-0.05, 0) is 30.7 Å². The Morgan fingerprint density at radius 2 is 1.90 bits per heavy atom. The van der Waals surface area contributed by atoms with Gasteiger partial charge in [-0.25, -0.2) is 9.37 Å². The molecule has 0 aliphatic rings. The summed E-state index contributed by atoms with van der Waals surface area (Å²) in [6.07, 6.45) is -4.68. The number of nitriles is 1. The molecule has 0 atom stereocenters. The van der Waals surface area contributed by atoms with Crippen molar-refractivity contribution < 1.29 is 22.3 Å². The molecule has 0 spiro atoms. The summed E-state index contributed by atoms with van der Waals surface area (Å²) in [5.74, 6) is -1.60. The SMILES string of the molecule is Cc1cccc(Oc2nc(C(F)(F)F)ccc2C#N)c1F. The minimum Gasteiger partial charge on any atom is -0.435 e. The lowest BCUT2D eigenvalue weighted by atomic mass is 10.2. The van der Waals surface area contributed by atoms with Gasteiger partial charge in [-0.1, -0.05) is 12.1 Å². The van der Waals surface area contributed by atoms with E-state index >= 15 is 0 Å². The minimum absolute atomic E-state index is 0.219. The van der Waals surface area contributed by atoms with Crippen LogP contribution in [0, 0.1) is 24.1 Å². The average Bonchev–Trinajstić information content (AvgIpc) is 2.43. The summed E-state index contributed by atoms with van der Waals surface area (Å²) >= 11 is 0. The molecule has 7 heteroatoms. The van der Waals surface area contributed by atoms with Crippen LogP contribution in [0.5, 0.6) is 11.6 Å². The lowest BCUT2D eigenvalue weighted by molar-refractivity contribution is -0.141. The van der Waals surface area contributed by atoms with Crippen molar-refractivity contribution in [2.75, 3.05) is 0 Å². The number of aryl methyl sites for hydroxylation is 1.